The molecule has 2 aromatic rings. The topological polar surface area (TPSA) is 66.9 Å². The van der Waals surface area contributed by atoms with Gasteiger partial charge >= 0.3 is 0 Å². The van der Waals surface area contributed by atoms with E-state index in [9.17, 15) is 13.2 Å². The van der Waals surface area contributed by atoms with E-state index in [0.29, 0.717) is 24.3 Å². The van der Waals surface area contributed by atoms with Crippen LogP contribution in [0.3, 0.4) is 0 Å². The highest BCUT2D eigenvalue weighted by Crippen LogP contribution is 2.40. The minimum Gasteiger partial charge on any atom is -0.358 e. The average Bonchev–Trinajstić information content (AvgIpc) is 3.69. The number of hydrogen-bond acceptors (Lipinski definition) is 5. The van der Waals surface area contributed by atoms with E-state index in [1.165, 1.54) is 19.3 Å². The zero-order chi connectivity index (χ0) is 23.9. The van der Waals surface area contributed by atoms with Crippen molar-refractivity contribution in [2.75, 3.05) is 23.1 Å². The van der Waals surface area contributed by atoms with Crippen LogP contribution in [0.2, 0.25) is 0 Å². The molecule has 2 aromatic carbocycles. The van der Waals surface area contributed by atoms with Gasteiger partial charge in [0.15, 0.2) is 9.84 Å². The Balaban J connectivity index is 1.43. The van der Waals surface area contributed by atoms with Crippen LogP contribution < -0.4 is 9.80 Å². The maximum Gasteiger partial charge on any atom is 0.224 e. The molecule has 0 N–H and O–H groups in total. The summed E-state index contributed by atoms with van der Waals surface area (Å²) in [6.45, 7) is 4.91. The minimum atomic E-state index is -3.20. The molecule has 1 amide bonds. The Morgan fingerprint density at radius 1 is 0.941 bits per heavy atom. The van der Waals surface area contributed by atoms with Gasteiger partial charge < -0.3 is 14.5 Å². The van der Waals surface area contributed by atoms with E-state index in [4.69, 9.17) is 4.74 Å². The number of carbonyl (C=O) groups excluding carboxylic acids is 1. The molecular weight excluding hydrogens is 448 g/mol. The Morgan fingerprint density at radius 2 is 1.62 bits per heavy atom. The third-order valence-corrected chi connectivity index (χ3v) is 9.62. The highest BCUT2D eigenvalue weighted by Gasteiger charge is 2.37. The largest absolute Gasteiger partial charge is 0.358 e. The summed E-state index contributed by atoms with van der Waals surface area (Å²) in [6.07, 6.45) is 7.82. The van der Waals surface area contributed by atoms with Crippen molar-refractivity contribution >= 4 is 27.1 Å². The summed E-state index contributed by atoms with van der Waals surface area (Å²) in [6, 6.07) is 13.4. The van der Waals surface area contributed by atoms with Gasteiger partial charge in [-0.15, -0.1) is 0 Å². The molecule has 0 bridgehead atoms. The number of anilines is 2. The van der Waals surface area contributed by atoms with Crippen molar-refractivity contribution in [1.82, 2.24) is 0 Å². The number of benzene rings is 2. The number of amides is 1. The summed E-state index contributed by atoms with van der Waals surface area (Å²) in [5.41, 5.74) is 3.83. The molecule has 2 aliphatic carbocycles. The molecule has 1 aliphatic heterocycles. The summed E-state index contributed by atoms with van der Waals surface area (Å²) in [5, 5.41) is -0.209. The molecule has 0 radical (unpaired) electrons. The standard InChI is InChI=1S/C27H34N2O4S/c1-19-17-28(18-33-23-6-4-3-5-7-23)27-16-22(10-15-26(27)29(19)20(2)30)21-8-11-24(12-9-21)34(31,32)25-13-14-25/h8-12,15-16,19,23,25H,3-7,13-14,17-18H2,1-2H3/t19-/m0/s1. The second kappa shape index (κ2) is 9.34. The Morgan fingerprint density at radius 3 is 2.26 bits per heavy atom. The van der Waals surface area contributed by atoms with Gasteiger partial charge in [-0.2, -0.15) is 0 Å². The van der Waals surface area contributed by atoms with Crippen molar-refractivity contribution < 1.29 is 17.9 Å². The van der Waals surface area contributed by atoms with E-state index in [2.05, 4.69) is 17.9 Å². The lowest BCUT2D eigenvalue weighted by molar-refractivity contribution is -0.117. The van der Waals surface area contributed by atoms with Gasteiger partial charge in [0, 0.05) is 13.5 Å². The summed E-state index contributed by atoms with van der Waals surface area (Å²) >= 11 is 0. The first-order valence-electron chi connectivity index (χ1n) is 12.5. The van der Waals surface area contributed by atoms with Crippen LogP contribution in [0.25, 0.3) is 11.1 Å². The summed E-state index contributed by atoms with van der Waals surface area (Å²) < 4.78 is 31.4. The molecule has 1 heterocycles. The zero-order valence-corrected chi connectivity index (χ0v) is 20.9. The smallest absolute Gasteiger partial charge is 0.224 e. The average molecular weight is 483 g/mol. The van der Waals surface area contributed by atoms with Gasteiger partial charge in [-0.1, -0.05) is 37.5 Å². The Kier molecular flexibility index (Phi) is 6.42. The molecular formula is C27H34N2O4S. The normalized spacial score (nSPS) is 21.4. The molecule has 0 saturated heterocycles. The molecule has 5 rings (SSSR count). The number of ether oxygens (including phenoxy) is 1. The van der Waals surface area contributed by atoms with E-state index in [1.807, 2.05) is 29.2 Å². The van der Waals surface area contributed by atoms with Crippen LogP contribution >= 0.6 is 0 Å². The first-order chi connectivity index (χ1) is 16.3. The number of carbonyl (C=O) groups is 1. The number of hydrogen-bond donors (Lipinski definition) is 0. The van der Waals surface area contributed by atoms with E-state index >= 15 is 0 Å². The fourth-order valence-electron chi connectivity index (χ4n) is 5.33. The van der Waals surface area contributed by atoms with Crippen LogP contribution in [-0.2, 0) is 19.4 Å². The maximum absolute atomic E-state index is 12.6. The molecule has 34 heavy (non-hydrogen) atoms. The molecule has 0 unspecified atom stereocenters. The van der Waals surface area contributed by atoms with Crippen molar-refractivity contribution in [2.24, 2.45) is 0 Å². The molecule has 182 valence electrons. The number of nitrogens with zero attached hydrogens (tertiary/aromatic N) is 2. The van der Waals surface area contributed by atoms with Crippen molar-refractivity contribution in [3.63, 3.8) is 0 Å². The fourth-order valence-corrected chi connectivity index (χ4v) is 6.99. The highest BCUT2D eigenvalue weighted by atomic mass is 32.2. The Bertz CT molecular complexity index is 1150. The Hall–Kier alpha value is -2.38. The molecule has 0 spiro atoms. The second-order valence-corrected chi connectivity index (χ2v) is 12.2. The third-order valence-electron chi connectivity index (χ3n) is 7.34. The molecule has 7 heteroatoms. The molecule has 3 aliphatic rings. The molecule has 2 fully saturated rings. The lowest BCUT2D eigenvalue weighted by Crippen LogP contribution is -2.50. The van der Waals surface area contributed by atoms with Crippen LogP contribution in [0.4, 0.5) is 11.4 Å². The SMILES string of the molecule is CC(=O)N1c2ccc(-c3ccc(S(=O)(=O)C4CC4)cc3)cc2N(COC2CCCCC2)C[C@@H]1C. The van der Waals surface area contributed by atoms with Crippen LogP contribution in [0.5, 0.6) is 0 Å². The number of sulfone groups is 1. The quantitative estimate of drug-likeness (QED) is 0.569. The minimum absolute atomic E-state index is 0.0315. The Labute approximate surface area is 202 Å². The second-order valence-electron chi connectivity index (χ2n) is 9.99. The predicted molar refractivity (Wildman–Crippen MR) is 135 cm³/mol. The van der Waals surface area contributed by atoms with E-state index in [0.717, 1.165) is 48.2 Å². The third kappa shape index (κ3) is 4.60. The van der Waals surface area contributed by atoms with Gasteiger partial charge in [-0.3, -0.25) is 4.79 Å². The molecule has 1 atom stereocenters. The van der Waals surface area contributed by atoms with E-state index in [-0.39, 0.29) is 17.2 Å². The van der Waals surface area contributed by atoms with Crippen LogP contribution in [0.15, 0.2) is 47.4 Å². The highest BCUT2D eigenvalue weighted by molar-refractivity contribution is 7.92. The summed E-state index contributed by atoms with van der Waals surface area (Å²) in [4.78, 5) is 17.0. The van der Waals surface area contributed by atoms with Gasteiger partial charge in [0.1, 0.15) is 6.73 Å². The monoisotopic (exact) mass is 482 g/mol. The van der Waals surface area contributed by atoms with Gasteiger partial charge in [-0.25, -0.2) is 8.42 Å². The molecule has 0 aromatic heterocycles. The number of rotatable bonds is 6. The summed E-state index contributed by atoms with van der Waals surface area (Å²) in [5.74, 6) is 0.0315. The molecule has 6 nitrogen and oxygen atoms in total. The van der Waals surface area contributed by atoms with Crippen LogP contribution in [0, 0.1) is 0 Å². The lowest BCUT2D eigenvalue weighted by atomic mass is 9.98. The van der Waals surface area contributed by atoms with E-state index < -0.39 is 9.84 Å². The van der Waals surface area contributed by atoms with Gasteiger partial charge in [-0.05, 0) is 68.0 Å². The van der Waals surface area contributed by atoms with Crippen molar-refractivity contribution in [1.29, 1.82) is 0 Å². The van der Waals surface area contributed by atoms with Crippen LogP contribution in [0.1, 0.15) is 58.8 Å². The first kappa shape index (κ1) is 23.4. The lowest BCUT2D eigenvalue weighted by Gasteiger charge is -2.42. The van der Waals surface area contributed by atoms with Crippen LogP contribution in [-0.4, -0.2) is 45.0 Å². The summed E-state index contributed by atoms with van der Waals surface area (Å²) in [7, 11) is -3.20. The maximum atomic E-state index is 12.6. The van der Waals surface area contributed by atoms with E-state index in [1.54, 1.807) is 19.1 Å². The molecule has 2 saturated carbocycles. The van der Waals surface area contributed by atoms with Gasteiger partial charge in [0.05, 0.1) is 33.7 Å². The first-order valence-corrected chi connectivity index (χ1v) is 14.0. The zero-order valence-electron chi connectivity index (χ0n) is 20.1. The van der Waals surface area contributed by atoms with Gasteiger partial charge in [0.2, 0.25) is 5.91 Å². The van der Waals surface area contributed by atoms with Crippen molar-refractivity contribution in [3.8, 4) is 11.1 Å². The fraction of sp³-hybridized carbons (Fsp3) is 0.519. The van der Waals surface area contributed by atoms with Crippen molar-refractivity contribution in [2.45, 2.75) is 81.1 Å². The predicted octanol–water partition coefficient (Wildman–Crippen LogP) is 5.16. The number of fused-ring (bicyclic) bond motifs is 1. The van der Waals surface area contributed by atoms with Crippen molar-refractivity contribution in [3.05, 3.63) is 42.5 Å². The van der Waals surface area contributed by atoms with Gasteiger partial charge in [0.25, 0.3) is 0 Å².